The highest BCUT2D eigenvalue weighted by Gasteiger charge is 2.58. The standard InChI is InChI=1S/C34H52N4O3.ClH/c1-24(2)38-32(40)36(18-25-13-14-41-22-25)23-34(38)15-28-11-12-29(16-34)37(28)20-27-19-35(31(39)17-33(3,4)5)21-30(27)26-9-7-6-8-10-26;/h6-10,24-25,27-30H,11-23H2,1-5H3;1H/t25?,27-,28?,29?,30-,34?;/m1./s1. The number of nitrogens with zero attached hydrogens (tertiary/aromatic N) is 4. The molecule has 0 aliphatic carbocycles. The van der Waals surface area contributed by atoms with Crippen LogP contribution in [-0.2, 0) is 9.53 Å². The first-order valence-electron chi connectivity index (χ1n) is 16.3. The first kappa shape index (κ1) is 31.6. The van der Waals surface area contributed by atoms with E-state index in [4.69, 9.17) is 4.74 Å². The molecule has 3 amide bonds. The number of carbonyl (C=O) groups excluding carboxylic acids is 2. The molecule has 0 aromatic heterocycles. The minimum absolute atomic E-state index is 0. The minimum atomic E-state index is -0.0593. The Kier molecular flexibility index (Phi) is 9.24. The lowest BCUT2D eigenvalue weighted by Gasteiger charge is -2.50. The molecule has 5 atom stereocenters. The molecule has 6 rings (SSSR count). The van der Waals surface area contributed by atoms with Crippen LogP contribution in [0.2, 0.25) is 0 Å². The van der Waals surface area contributed by atoms with E-state index in [9.17, 15) is 9.59 Å². The molecule has 1 aromatic rings. The van der Waals surface area contributed by atoms with Gasteiger partial charge in [0.05, 0.1) is 12.1 Å². The van der Waals surface area contributed by atoms with Crippen molar-refractivity contribution in [3.63, 3.8) is 0 Å². The van der Waals surface area contributed by atoms with Gasteiger partial charge in [-0.2, -0.15) is 0 Å². The summed E-state index contributed by atoms with van der Waals surface area (Å²) in [6, 6.07) is 12.3. The van der Waals surface area contributed by atoms with Crippen LogP contribution in [0.25, 0.3) is 0 Å². The summed E-state index contributed by atoms with van der Waals surface area (Å²) in [4.78, 5) is 36.5. The highest BCUT2D eigenvalue weighted by atomic mass is 35.5. The second kappa shape index (κ2) is 12.3. The maximum absolute atomic E-state index is 13.8. The fraction of sp³-hybridized carbons (Fsp3) is 0.765. The largest absolute Gasteiger partial charge is 0.381 e. The summed E-state index contributed by atoms with van der Waals surface area (Å²) < 4.78 is 5.64. The summed E-state index contributed by atoms with van der Waals surface area (Å²) in [5.41, 5.74) is 1.30. The summed E-state index contributed by atoms with van der Waals surface area (Å²) in [5, 5.41) is 0. The molecule has 5 saturated heterocycles. The van der Waals surface area contributed by atoms with Crippen molar-refractivity contribution in [3.8, 4) is 0 Å². The van der Waals surface area contributed by atoms with Crippen molar-refractivity contribution >= 4 is 24.3 Å². The smallest absolute Gasteiger partial charge is 0.320 e. The number of ether oxygens (including phenoxy) is 1. The number of piperidine rings is 1. The predicted octanol–water partition coefficient (Wildman–Crippen LogP) is 5.63. The van der Waals surface area contributed by atoms with Crippen molar-refractivity contribution in [3.05, 3.63) is 35.9 Å². The van der Waals surface area contributed by atoms with E-state index in [0.29, 0.717) is 42.2 Å². The molecule has 1 spiro atoms. The second-order valence-corrected chi connectivity index (χ2v) is 15.4. The van der Waals surface area contributed by atoms with E-state index in [2.05, 4.69) is 84.6 Å². The average Bonchev–Trinajstić information content (AvgIpc) is 3.67. The van der Waals surface area contributed by atoms with Crippen LogP contribution in [0.15, 0.2) is 30.3 Å². The molecule has 5 aliphatic heterocycles. The third-order valence-electron chi connectivity index (χ3n) is 10.6. The average molecular weight is 601 g/mol. The van der Waals surface area contributed by atoms with Gasteiger partial charge in [-0.1, -0.05) is 51.1 Å². The number of fused-ring (bicyclic) bond motifs is 2. The maximum Gasteiger partial charge on any atom is 0.320 e. The Morgan fingerprint density at radius 3 is 2.31 bits per heavy atom. The number of carbonyl (C=O) groups is 2. The molecule has 5 fully saturated rings. The summed E-state index contributed by atoms with van der Waals surface area (Å²) in [7, 11) is 0. The van der Waals surface area contributed by atoms with Gasteiger partial charge in [-0.25, -0.2) is 4.79 Å². The van der Waals surface area contributed by atoms with E-state index in [1.807, 2.05) is 0 Å². The summed E-state index contributed by atoms with van der Waals surface area (Å²) >= 11 is 0. The molecule has 2 bridgehead atoms. The van der Waals surface area contributed by atoms with Crippen LogP contribution in [0, 0.1) is 17.3 Å². The minimum Gasteiger partial charge on any atom is -0.381 e. The molecular formula is C34H53ClN4O3. The van der Waals surface area contributed by atoms with E-state index in [0.717, 1.165) is 65.2 Å². The van der Waals surface area contributed by atoms with Gasteiger partial charge in [-0.3, -0.25) is 9.69 Å². The van der Waals surface area contributed by atoms with Crippen molar-refractivity contribution in [2.24, 2.45) is 17.3 Å². The van der Waals surface area contributed by atoms with E-state index in [-0.39, 0.29) is 35.4 Å². The van der Waals surface area contributed by atoms with Gasteiger partial charge in [-0.05, 0) is 62.8 Å². The molecular weight excluding hydrogens is 548 g/mol. The molecule has 0 saturated carbocycles. The van der Waals surface area contributed by atoms with Gasteiger partial charge in [0, 0.05) is 75.7 Å². The third-order valence-corrected chi connectivity index (χ3v) is 10.6. The zero-order valence-corrected chi connectivity index (χ0v) is 27.3. The molecule has 5 aliphatic rings. The predicted molar refractivity (Wildman–Crippen MR) is 169 cm³/mol. The molecule has 5 heterocycles. The summed E-state index contributed by atoms with van der Waals surface area (Å²) in [5.74, 6) is 1.58. The molecule has 0 radical (unpaired) electrons. The Morgan fingerprint density at radius 1 is 1.02 bits per heavy atom. The highest BCUT2D eigenvalue weighted by molar-refractivity contribution is 5.85. The van der Waals surface area contributed by atoms with Crippen molar-refractivity contribution in [2.75, 3.05) is 45.9 Å². The third kappa shape index (κ3) is 6.21. The van der Waals surface area contributed by atoms with Crippen LogP contribution in [-0.4, -0.2) is 101 Å². The van der Waals surface area contributed by atoms with E-state index in [1.54, 1.807) is 0 Å². The Bertz CT molecular complexity index is 1090. The van der Waals surface area contributed by atoms with Gasteiger partial charge < -0.3 is 19.4 Å². The van der Waals surface area contributed by atoms with Crippen LogP contribution in [0.5, 0.6) is 0 Å². The number of likely N-dealkylation sites (tertiary alicyclic amines) is 1. The quantitative estimate of drug-likeness (QED) is 0.407. The lowest BCUT2D eigenvalue weighted by atomic mass is 9.80. The van der Waals surface area contributed by atoms with Crippen LogP contribution in [0.4, 0.5) is 4.79 Å². The van der Waals surface area contributed by atoms with Crippen molar-refractivity contribution in [1.82, 2.24) is 19.6 Å². The fourth-order valence-electron chi connectivity index (χ4n) is 9.02. The Labute approximate surface area is 259 Å². The number of benzene rings is 1. The number of amides is 3. The van der Waals surface area contributed by atoms with Gasteiger partial charge in [-0.15, -0.1) is 12.4 Å². The van der Waals surface area contributed by atoms with E-state index in [1.165, 1.54) is 18.4 Å². The molecule has 7 nitrogen and oxygen atoms in total. The topological polar surface area (TPSA) is 56.3 Å². The molecule has 1 aromatic carbocycles. The van der Waals surface area contributed by atoms with Crippen LogP contribution in [0.1, 0.15) is 84.6 Å². The number of hydrogen-bond donors (Lipinski definition) is 0. The fourth-order valence-corrected chi connectivity index (χ4v) is 9.02. The number of urea groups is 1. The highest BCUT2D eigenvalue weighted by Crippen LogP contribution is 2.49. The van der Waals surface area contributed by atoms with Crippen LogP contribution in [0.3, 0.4) is 0 Å². The lowest BCUT2D eigenvalue weighted by molar-refractivity contribution is -0.132. The maximum atomic E-state index is 13.8. The Morgan fingerprint density at radius 2 is 1.71 bits per heavy atom. The van der Waals surface area contributed by atoms with Crippen LogP contribution >= 0.6 is 12.4 Å². The molecule has 234 valence electrons. The normalized spacial score (nSPS) is 33.3. The first-order chi connectivity index (χ1) is 19.5. The van der Waals surface area contributed by atoms with Gasteiger partial charge in [0.1, 0.15) is 0 Å². The van der Waals surface area contributed by atoms with Gasteiger partial charge >= 0.3 is 6.03 Å². The van der Waals surface area contributed by atoms with Gasteiger partial charge in [0.25, 0.3) is 0 Å². The van der Waals surface area contributed by atoms with Crippen molar-refractivity contribution in [2.45, 2.75) is 103 Å². The second-order valence-electron chi connectivity index (χ2n) is 15.4. The number of rotatable bonds is 7. The SMILES string of the molecule is CC(C)N1C(=O)N(CC2CCOC2)CC12CC1CCC(C2)N1C[C@H]1CN(C(=O)CC(C)(C)C)C[C@@H]1c1ccccc1.Cl. The van der Waals surface area contributed by atoms with Gasteiger partial charge in [0.2, 0.25) is 5.91 Å². The van der Waals surface area contributed by atoms with Crippen molar-refractivity contribution < 1.29 is 14.3 Å². The zero-order chi connectivity index (χ0) is 28.9. The Hall–Kier alpha value is -1.83. The molecule has 0 N–H and O–H groups in total. The van der Waals surface area contributed by atoms with E-state index >= 15 is 0 Å². The van der Waals surface area contributed by atoms with Crippen molar-refractivity contribution in [1.29, 1.82) is 0 Å². The molecule has 42 heavy (non-hydrogen) atoms. The zero-order valence-electron chi connectivity index (χ0n) is 26.5. The molecule has 8 heteroatoms. The number of halogens is 1. The van der Waals surface area contributed by atoms with E-state index < -0.39 is 0 Å². The van der Waals surface area contributed by atoms with Crippen LogP contribution < -0.4 is 0 Å². The summed E-state index contributed by atoms with van der Waals surface area (Å²) in [6.07, 6.45) is 6.25. The Balaban J connectivity index is 0.00000353. The summed E-state index contributed by atoms with van der Waals surface area (Å²) in [6.45, 7) is 16.9. The lowest BCUT2D eigenvalue weighted by Crippen LogP contribution is -2.60. The first-order valence-corrected chi connectivity index (χ1v) is 16.3. The number of hydrogen-bond acceptors (Lipinski definition) is 4. The molecule has 3 unspecified atom stereocenters. The monoisotopic (exact) mass is 600 g/mol. The van der Waals surface area contributed by atoms with Gasteiger partial charge in [0.15, 0.2) is 0 Å².